The van der Waals surface area contributed by atoms with Crippen molar-refractivity contribution in [2.24, 2.45) is 22.9 Å². The van der Waals surface area contributed by atoms with Gasteiger partial charge >= 0.3 is 0 Å². The molecule has 2 atom stereocenters. The zero-order chi connectivity index (χ0) is 16.4. The van der Waals surface area contributed by atoms with Gasteiger partial charge in [-0.05, 0) is 80.8 Å². The van der Waals surface area contributed by atoms with E-state index in [0.717, 1.165) is 35.8 Å². The van der Waals surface area contributed by atoms with Crippen molar-refractivity contribution in [3.8, 4) is 5.75 Å². The Morgan fingerprint density at radius 2 is 2.00 bits per heavy atom. The van der Waals surface area contributed by atoms with Crippen LogP contribution in [0.25, 0.3) is 0 Å². The first kappa shape index (κ1) is 15.7. The first-order valence-electron chi connectivity index (χ1n) is 9.06. The molecule has 2 aliphatic heterocycles. The van der Waals surface area contributed by atoms with E-state index in [9.17, 15) is 0 Å². The number of hydrazine groups is 2. The Hall–Kier alpha value is -1.79. The maximum atomic E-state index is 5.94. The van der Waals surface area contributed by atoms with Crippen LogP contribution >= 0.6 is 0 Å². The molecule has 24 heavy (non-hydrogen) atoms. The standard InChI is InChI=1S/C18H27N5O/c1-22-21-20-13-23(22)16-2-4-17(5-3-16)24-11-8-15-12-18(15)14-6-9-19-10-7-14/h2-5,13-15,18-19,21H,6-12H2,1H3/t15-,18-/m1/s1. The molecule has 1 saturated carbocycles. The summed E-state index contributed by atoms with van der Waals surface area (Å²) < 4.78 is 5.94. The number of piperidine rings is 1. The molecule has 1 saturated heterocycles. The zero-order valence-electron chi connectivity index (χ0n) is 14.3. The molecule has 1 aromatic rings. The van der Waals surface area contributed by atoms with Crippen molar-refractivity contribution >= 4 is 12.0 Å². The molecule has 4 rings (SSSR count). The lowest BCUT2D eigenvalue weighted by Crippen LogP contribution is -2.39. The maximum Gasteiger partial charge on any atom is 0.133 e. The van der Waals surface area contributed by atoms with Gasteiger partial charge in [0.2, 0.25) is 0 Å². The van der Waals surface area contributed by atoms with Gasteiger partial charge in [0.15, 0.2) is 0 Å². The van der Waals surface area contributed by atoms with E-state index < -0.39 is 0 Å². The van der Waals surface area contributed by atoms with E-state index in [1.54, 1.807) is 6.34 Å². The highest BCUT2D eigenvalue weighted by Gasteiger charge is 2.42. The van der Waals surface area contributed by atoms with Gasteiger partial charge in [-0.1, -0.05) is 0 Å². The molecule has 2 fully saturated rings. The van der Waals surface area contributed by atoms with E-state index in [2.05, 4.69) is 28.1 Å². The fourth-order valence-corrected chi connectivity index (χ4v) is 4.01. The molecule has 0 amide bonds. The highest BCUT2D eigenvalue weighted by molar-refractivity contribution is 5.78. The molecule has 3 aliphatic rings. The Morgan fingerprint density at radius 1 is 1.21 bits per heavy atom. The lowest BCUT2D eigenvalue weighted by atomic mass is 9.91. The van der Waals surface area contributed by atoms with Crippen LogP contribution in [-0.4, -0.2) is 38.2 Å². The first-order chi connectivity index (χ1) is 11.8. The number of benzene rings is 1. The molecule has 1 aliphatic carbocycles. The average molecular weight is 329 g/mol. The molecule has 2 N–H and O–H groups in total. The molecule has 6 heteroatoms. The molecular weight excluding hydrogens is 302 g/mol. The third-order valence-electron chi connectivity index (χ3n) is 5.52. The topological polar surface area (TPSA) is 52.1 Å². The van der Waals surface area contributed by atoms with Crippen molar-refractivity contribution in [2.75, 3.05) is 31.8 Å². The first-order valence-corrected chi connectivity index (χ1v) is 9.06. The molecule has 0 unspecified atom stereocenters. The summed E-state index contributed by atoms with van der Waals surface area (Å²) >= 11 is 0. The van der Waals surface area contributed by atoms with Gasteiger partial charge in [-0.3, -0.25) is 0 Å². The van der Waals surface area contributed by atoms with Crippen LogP contribution in [0.15, 0.2) is 29.4 Å². The highest BCUT2D eigenvalue weighted by Crippen LogP contribution is 2.49. The Bertz CT molecular complexity index is 569. The van der Waals surface area contributed by atoms with Crippen LogP contribution in [0.5, 0.6) is 5.75 Å². The van der Waals surface area contributed by atoms with Crippen molar-refractivity contribution in [3.63, 3.8) is 0 Å². The van der Waals surface area contributed by atoms with Crippen LogP contribution in [0.2, 0.25) is 0 Å². The number of nitrogens with zero attached hydrogens (tertiary/aromatic N) is 3. The largest absolute Gasteiger partial charge is 0.494 e. The monoisotopic (exact) mass is 329 g/mol. The second kappa shape index (κ2) is 6.99. The van der Waals surface area contributed by atoms with Crippen molar-refractivity contribution in [3.05, 3.63) is 24.3 Å². The van der Waals surface area contributed by atoms with E-state index in [1.165, 1.54) is 38.8 Å². The van der Waals surface area contributed by atoms with Gasteiger partial charge in [0.1, 0.15) is 12.1 Å². The molecule has 130 valence electrons. The second-order valence-corrected chi connectivity index (χ2v) is 7.09. The highest BCUT2D eigenvalue weighted by atomic mass is 16.5. The molecule has 0 spiro atoms. The molecule has 2 heterocycles. The van der Waals surface area contributed by atoms with Crippen LogP contribution in [0, 0.1) is 17.8 Å². The fraction of sp³-hybridized carbons (Fsp3) is 0.611. The summed E-state index contributed by atoms with van der Waals surface area (Å²) in [5, 5.41) is 11.2. The lowest BCUT2D eigenvalue weighted by Gasteiger charge is -2.23. The minimum Gasteiger partial charge on any atom is -0.494 e. The summed E-state index contributed by atoms with van der Waals surface area (Å²) in [5.74, 6) is 3.77. The van der Waals surface area contributed by atoms with Crippen LogP contribution in [-0.2, 0) is 0 Å². The molecule has 6 nitrogen and oxygen atoms in total. The minimum absolute atomic E-state index is 0.831. The zero-order valence-corrected chi connectivity index (χ0v) is 14.3. The van der Waals surface area contributed by atoms with Gasteiger partial charge in [0.25, 0.3) is 0 Å². The Balaban J connectivity index is 1.20. The third kappa shape index (κ3) is 3.49. The quantitative estimate of drug-likeness (QED) is 0.838. The molecule has 0 bridgehead atoms. The second-order valence-electron chi connectivity index (χ2n) is 7.09. The van der Waals surface area contributed by atoms with Crippen LogP contribution in [0.4, 0.5) is 5.69 Å². The van der Waals surface area contributed by atoms with Crippen LogP contribution in [0.3, 0.4) is 0 Å². The Morgan fingerprint density at radius 3 is 2.71 bits per heavy atom. The van der Waals surface area contributed by atoms with Gasteiger partial charge in [0, 0.05) is 7.05 Å². The fourth-order valence-electron chi connectivity index (χ4n) is 4.01. The van der Waals surface area contributed by atoms with Crippen molar-refractivity contribution in [1.29, 1.82) is 0 Å². The molecule has 0 aromatic heterocycles. The summed E-state index contributed by atoms with van der Waals surface area (Å²) in [6.07, 6.45) is 7.10. The number of hydrogen-bond acceptors (Lipinski definition) is 6. The number of anilines is 1. The molecule has 0 radical (unpaired) electrons. The van der Waals surface area contributed by atoms with E-state index in [-0.39, 0.29) is 0 Å². The van der Waals surface area contributed by atoms with Gasteiger partial charge in [-0.15, -0.1) is 5.12 Å². The smallest absolute Gasteiger partial charge is 0.133 e. The van der Waals surface area contributed by atoms with Gasteiger partial charge in [0.05, 0.1) is 12.3 Å². The number of rotatable bonds is 6. The Labute approximate surface area is 143 Å². The SMILES string of the molecule is CN1NN=CN1c1ccc(OCC[C@@H]2C[C@@H]2C2CCNCC2)cc1. The number of nitrogens with one attached hydrogen (secondary N) is 2. The van der Waals surface area contributed by atoms with Crippen molar-refractivity contribution in [2.45, 2.75) is 25.7 Å². The molecular formula is C18H27N5O. The van der Waals surface area contributed by atoms with Crippen LogP contribution < -0.4 is 20.6 Å². The van der Waals surface area contributed by atoms with E-state index in [1.807, 2.05) is 29.3 Å². The number of hydrogen-bond donors (Lipinski definition) is 2. The van der Waals surface area contributed by atoms with Gasteiger partial charge in [-0.25, -0.2) is 10.5 Å². The van der Waals surface area contributed by atoms with E-state index in [0.29, 0.717) is 0 Å². The average Bonchev–Trinajstić information content (AvgIpc) is 3.28. The van der Waals surface area contributed by atoms with E-state index in [4.69, 9.17) is 4.74 Å². The number of hydrazone groups is 1. The lowest BCUT2D eigenvalue weighted by molar-refractivity contribution is 0.276. The predicted molar refractivity (Wildman–Crippen MR) is 95.6 cm³/mol. The summed E-state index contributed by atoms with van der Waals surface area (Å²) in [4.78, 5) is 0. The van der Waals surface area contributed by atoms with Gasteiger partial charge in [-0.2, -0.15) is 5.10 Å². The number of ether oxygens (including phenoxy) is 1. The minimum atomic E-state index is 0.831. The van der Waals surface area contributed by atoms with Gasteiger partial charge < -0.3 is 10.1 Å². The summed E-state index contributed by atoms with van der Waals surface area (Å²) in [7, 11) is 1.92. The maximum absolute atomic E-state index is 5.94. The summed E-state index contributed by atoms with van der Waals surface area (Å²) in [5.41, 5.74) is 3.92. The summed E-state index contributed by atoms with van der Waals surface area (Å²) in [6, 6.07) is 8.18. The predicted octanol–water partition coefficient (Wildman–Crippen LogP) is 2.21. The summed E-state index contributed by atoms with van der Waals surface area (Å²) in [6.45, 7) is 3.25. The Kier molecular flexibility index (Phi) is 4.58. The van der Waals surface area contributed by atoms with Crippen molar-refractivity contribution < 1.29 is 4.74 Å². The molecule has 1 aromatic carbocycles. The van der Waals surface area contributed by atoms with E-state index >= 15 is 0 Å². The normalized spacial score (nSPS) is 27.3. The van der Waals surface area contributed by atoms with Crippen LogP contribution in [0.1, 0.15) is 25.7 Å². The van der Waals surface area contributed by atoms with Crippen molar-refractivity contribution in [1.82, 2.24) is 16.0 Å². The third-order valence-corrected chi connectivity index (χ3v) is 5.52.